The Morgan fingerprint density at radius 2 is 1.81 bits per heavy atom. The number of hydrogen-bond donors (Lipinski definition) is 1. The summed E-state index contributed by atoms with van der Waals surface area (Å²) in [5, 5.41) is 5.79. The molecule has 0 bridgehead atoms. The molecule has 134 valence electrons. The van der Waals surface area contributed by atoms with Crippen LogP contribution in [0.1, 0.15) is 16.1 Å². The summed E-state index contributed by atoms with van der Waals surface area (Å²) in [6.45, 7) is -0.257. The molecule has 10 heteroatoms. The predicted molar refractivity (Wildman–Crippen MR) is 85.4 cm³/mol. The van der Waals surface area contributed by atoms with Crippen molar-refractivity contribution in [2.24, 2.45) is 0 Å². The number of alkyl halides is 3. The quantitative estimate of drug-likeness (QED) is 0.761. The Balaban J connectivity index is 1.67. The van der Waals surface area contributed by atoms with Crippen LogP contribution in [0.3, 0.4) is 0 Å². The van der Waals surface area contributed by atoms with E-state index in [0.29, 0.717) is 27.3 Å². The molecule has 26 heavy (non-hydrogen) atoms. The van der Waals surface area contributed by atoms with Crippen LogP contribution in [0.15, 0.2) is 47.5 Å². The number of nitrogens with one attached hydrogen (secondary N) is 1. The van der Waals surface area contributed by atoms with Crippen molar-refractivity contribution < 1.29 is 18.0 Å². The molecule has 3 aromatic rings. The summed E-state index contributed by atoms with van der Waals surface area (Å²) in [7, 11) is 0. The summed E-state index contributed by atoms with van der Waals surface area (Å²) >= 11 is 0. The van der Waals surface area contributed by atoms with E-state index in [2.05, 4.69) is 20.4 Å². The van der Waals surface area contributed by atoms with Crippen LogP contribution in [0.5, 0.6) is 0 Å². The molecule has 0 aliphatic carbocycles. The van der Waals surface area contributed by atoms with Gasteiger partial charge in [-0.25, -0.2) is 4.68 Å². The summed E-state index contributed by atoms with van der Waals surface area (Å²) in [6.07, 6.45) is -1.62. The van der Waals surface area contributed by atoms with Gasteiger partial charge in [-0.05, 0) is 24.3 Å². The number of halogens is 3. The second-order valence-electron chi connectivity index (χ2n) is 5.29. The minimum atomic E-state index is -4.65. The van der Waals surface area contributed by atoms with Gasteiger partial charge in [-0.3, -0.25) is 19.6 Å². The Bertz CT molecular complexity index is 1020. The van der Waals surface area contributed by atoms with E-state index in [1.165, 1.54) is 12.4 Å². The molecule has 0 unspecified atom stereocenters. The van der Waals surface area contributed by atoms with Crippen LogP contribution < -0.4 is 10.9 Å². The van der Waals surface area contributed by atoms with Crippen molar-refractivity contribution in [3.63, 3.8) is 0 Å². The molecule has 0 atom stereocenters. The minimum Gasteiger partial charge on any atom is -0.350 e. The summed E-state index contributed by atoms with van der Waals surface area (Å²) in [6, 6.07) is 6.15. The maximum absolute atomic E-state index is 12.6. The lowest BCUT2D eigenvalue weighted by molar-refractivity contribution is -0.142. The number of amides is 1. The first-order chi connectivity index (χ1) is 12.3. The van der Waals surface area contributed by atoms with E-state index in [4.69, 9.17) is 0 Å². The van der Waals surface area contributed by atoms with Gasteiger partial charge in [-0.1, -0.05) is 0 Å². The van der Waals surface area contributed by atoms with Crippen LogP contribution in [-0.2, 0) is 12.7 Å². The number of nitrogens with zero attached hydrogens (tertiary/aromatic N) is 4. The zero-order valence-electron chi connectivity index (χ0n) is 13.2. The predicted octanol–water partition coefficient (Wildman–Crippen LogP) is 1.64. The van der Waals surface area contributed by atoms with Gasteiger partial charge < -0.3 is 5.32 Å². The second-order valence-corrected chi connectivity index (χ2v) is 5.29. The standard InChI is InChI=1S/C16H12F3N5O2/c17-16(18,19)13-3-4-14(25)24(23-13)8-7-22-15(26)10-1-2-11-12(9-10)21-6-5-20-11/h1-6,9H,7-8H2,(H,22,26). The van der Waals surface area contributed by atoms with Crippen molar-refractivity contribution in [3.05, 3.63) is 64.3 Å². The van der Waals surface area contributed by atoms with Crippen LogP contribution in [0, 0.1) is 0 Å². The van der Waals surface area contributed by atoms with Crippen LogP contribution in [-0.4, -0.2) is 32.2 Å². The first-order valence-corrected chi connectivity index (χ1v) is 7.49. The molecule has 0 aliphatic heterocycles. The molecule has 1 aromatic carbocycles. The number of aromatic nitrogens is 4. The molecule has 2 aromatic heterocycles. The van der Waals surface area contributed by atoms with Crippen LogP contribution >= 0.6 is 0 Å². The number of benzene rings is 1. The van der Waals surface area contributed by atoms with Crippen LogP contribution in [0.2, 0.25) is 0 Å². The van der Waals surface area contributed by atoms with E-state index in [9.17, 15) is 22.8 Å². The Kier molecular flexibility index (Phi) is 4.65. The average Bonchev–Trinajstić information content (AvgIpc) is 2.61. The molecule has 3 rings (SSSR count). The van der Waals surface area contributed by atoms with Gasteiger partial charge in [0.25, 0.3) is 11.5 Å². The molecule has 1 N–H and O–H groups in total. The lowest BCUT2D eigenvalue weighted by Crippen LogP contribution is -2.33. The maximum atomic E-state index is 12.6. The van der Waals surface area contributed by atoms with Crippen molar-refractivity contribution in [2.45, 2.75) is 12.7 Å². The molecular formula is C16H12F3N5O2. The normalized spacial score (nSPS) is 11.5. The van der Waals surface area contributed by atoms with Gasteiger partial charge in [0.15, 0.2) is 5.69 Å². The zero-order valence-corrected chi connectivity index (χ0v) is 13.2. The topological polar surface area (TPSA) is 89.8 Å². The molecule has 0 saturated heterocycles. The monoisotopic (exact) mass is 363 g/mol. The van der Waals surface area contributed by atoms with Gasteiger partial charge in [0, 0.05) is 30.6 Å². The first-order valence-electron chi connectivity index (χ1n) is 7.49. The molecule has 0 radical (unpaired) electrons. The van der Waals surface area contributed by atoms with Crippen molar-refractivity contribution in [3.8, 4) is 0 Å². The van der Waals surface area contributed by atoms with Crippen LogP contribution in [0.4, 0.5) is 13.2 Å². The smallest absolute Gasteiger partial charge is 0.350 e. The minimum absolute atomic E-state index is 0.0639. The van der Waals surface area contributed by atoms with Gasteiger partial charge in [0.05, 0.1) is 17.6 Å². The Morgan fingerprint density at radius 1 is 1.08 bits per heavy atom. The summed E-state index contributed by atoms with van der Waals surface area (Å²) in [4.78, 5) is 31.9. The fraction of sp³-hybridized carbons (Fsp3) is 0.188. The Hall–Kier alpha value is -3.30. The third-order valence-corrected chi connectivity index (χ3v) is 3.50. The number of hydrogen-bond acceptors (Lipinski definition) is 5. The van der Waals surface area contributed by atoms with Crippen molar-refractivity contribution >= 4 is 16.9 Å². The highest BCUT2D eigenvalue weighted by Crippen LogP contribution is 2.26. The van der Waals surface area contributed by atoms with Gasteiger partial charge in [0.2, 0.25) is 0 Å². The molecule has 7 nitrogen and oxygen atoms in total. The second kappa shape index (κ2) is 6.90. The maximum Gasteiger partial charge on any atom is 0.435 e. The van der Waals surface area contributed by atoms with E-state index >= 15 is 0 Å². The number of fused-ring (bicyclic) bond motifs is 1. The SMILES string of the molecule is O=C(NCCn1nc(C(F)(F)F)ccc1=O)c1ccc2nccnc2c1. The molecule has 0 spiro atoms. The van der Waals surface area contributed by atoms with Crippen molar-refractivity contribution in [2.75, 3.05) is 6.54 Å². The van der Waals surface area contributed by atoms with Crippen molar-refractivity contribution in [1.29, 1.82) is 0 Å². The lowest BCUT2D eigenvalue weighted by Gasteiger charge is -2.10. The van der Waals surface area contributed by atoms with Gasteiger partial charge in [-0.15, -0.1) is 0 Å². The van der Waals surface area contributed by atoms with E-state index in [1.807, 2.05) is 0 Å². The largest absolute Gasteiger partial charge is 0.435 e. The fourth-order valence-corrected chi connectivity index (χ4v) is 2.24. The van der Waals surface area contributed by atoms with Gasteiger partial charge in [-0.2, -0.15) is 18.3 Å². The van der Waals surface area contributed by atoms with Crippen molar-refractivity contribution in [1.82, 2.24) is 25.1 Å². The summed E-state index contributed by atoms with van der Waals surface area (Å²) < 4.78 is 38.6. The summed E-state index contributed by atoms with van der Waals surface area (Å²) in [5.41, 5.74) is -0.369. The van der Waals surface area contributed by atoms with E-state index < -0.39 is 23.3 Å². The summed E-state index contributed by atoms with van der Waals surface area (Å²) in [5.74, 6) is -0.447. The molecular weight excluding hydrogens is 351 g/mol. The third-order valence-electron chi connectivity index (χ3n) is 3.50. The van der Waals surface area contributed by atoms with E-state index in [-0.39, 0.29) is 13.1 Å². The van der Waals surface area contributed by atoms with Gasteiger partial charge in [0.1, 0.15) is 0 Å². The fourth-order valence-electron chi connectivity index (χ4n) is 2.24. The zero-order chi connectivity index (χ0) is 18.7. The molecule has 2 heterocycles. The number of rotatable bonds is 4. The van der Waals surface area contributed by atoms with Crippen LogP contribution in [0.25, 0.3) is 11.0 Å². The number of carbonyl (C=O) groups excluding carboxylic acids is 1. The molecule has 0 saturated carbocycles. The Labute approximate surface area is 144 Å². The average molecular weight is 363 g/mol. The third kappa shape index (κ3) is 3.85. The molecule has 1 amide bonds. The Morgan fingerprint density at radius 3 is 2.54 bits per heavy atom. The highest BCUT2D eigenvalue weighted by molar-refractivity contribution is 5.97. The number of carbonyl (C=O) groups is 1. The van der Waals surface area contributed by atoms with E-state index in [0.717, 1.165) is 6.07 Å². The highest BCUT2D eigenvalue weighted by Gasteiger charge is 2.33. The van der Waals surface area contributed by atoms with Gasteiger partial charge >= 0.3 is 6.18 Å². The highest BCUT2D eigenvalue weighted by atomic mass is 19.4. The van der Waals surface area contributed by atoms with E-state index in [1.54, 1.807) is 18.2 Å². The lowest BCUT2D eigenvalue weighted by atomic mass is 10.2. The first kappa shape index (κ1) is 17.5. The molecule has 0 aliphatic rings. The molecule has 0 fully saturated rings.